The summed E-state index contributed by atoms with van der Waals surface area (Å²) in [7, 11) is -0.761. The van der Waals surface area contributed by atoms with Gasteiger partial charge in [0, 0.05) is 28.7 Å². The van der Waals surface area contributed by atoms with Crippen molar-refractivity contribution in [2.24, 2.45) is 0 Å². The summed E-state index contributed by atoms with van der Waals surface area (Å²) in [4.78, 5) is 10.4. The zero-order valence-corrected chi connectivity index (χ0v) is 7.37. The largest absolute Gasteiger partial charge is 0.300 e. The molecule has 0 heterocycles. The van der Waals surface area contributed by atoms with Crippen molar-refractivity contribution in [2.75, 3.05) is 11.5 Å². The Hall–Kier alpha value is -0.180. The highest BCUT2D eigenvalue weighted by Crippen LogP contribution is 1.91. The molecule has 0 radical (unpaired) electrons. The first kappa shape index (κ1) is 9.82. The van der Waals surface area contributed by atoms with Crippen LogP contribution in [0.3, 0.4) is 0 Å². The third kappa shape index (κ3) is 5.95. The Balaban J connectivity index is 3.30. The summed E-state index contributed by atoms with van der Waals surface area (Å²) in [6.45, 7) is 3.52. The summed E-state index contributed by atoms with van der Waals surface area (Å²) in [5.74, 6) is 1.40. The molecular weight excluding hydrogens is 148 g/mol. The molecule has 0 bridgehead atoms. The molecule has 0 aliphatic carbocycles. The van der Waals surface area contributed by atoms with E-state index in [1.54, 1.807) is 0 Å². The van der Waals surface area contributed by atoms with E-state index >= 15 is 0 Å². The number of hydrogen-bond donors (Lipinski definition) is 0. The molecule has 0 rings (SSSR count). The van der Waals surface area contributed by atoms with Gasteiger partial charge in [-0.25, -0.2) is 0 Å². The minimum absolute atomic E-state index is 0.129. The Morgan fingerprint density at radius 3 is 2.40 bits per heavy atom. The standard InChI is InChI=1S/C7H14O2S/c1-3-5-10(9)6-4-7(2)8/h3-6H2,1-2H3. The lowest BCUT2D eigenvalue weighted by molar-refractivity contribution is -0.116. The average molecular weight is 162 g/mol. The van der Waals surface area contributed by atoms with Crippen molar-refractivity contribution in [3.63, 3.8) is 0 Å². The average Bonchev–Trinajstić information content (AvgIpc) is 1.85. The van der Waals surface area contributed by atoms with E-state index in [9.17, 15) is 9.00 Å². The van der Waals surface area contributed by atoms with Gasteiger partial charge in [0.2, 0.25) is 0 Å². The van der Waals surface area contributed by atoms with E-state index in [2.05, 4.69) is 0 Å². The third-order valence-electron chi connectivity index (χ3n) is 1.11. The number of rotatable bonds is 5. The van der Waals surface area contributed by atoms with Crippen LogP contribution in [-0.4, -0.2) is 21.5 Å². The number of carbonyl (C=O) groups is 1. The first-order valence-electron chi connectivity index (χ1n) is 3.51. The van der Waals surface area contributed by atoms with Gasteiger partial charge < -0.3 is 0 Å². The second-order valence-corrected chi connectivity index (χ2v) is 4.00. The molecule has 0 aliphatic heterocycles. The highest BCUT2D eigenvalue weighted by molar-refractivity contribution is 7.84. The summed E-state index contributed by atoms with van der Waals surface area (Å²) >= 11 is 0. The fourth-order valence-electron chi connectivity index (χ4n) is 0.587. The van der Waals surface area contributed by atoms with Crippen LogP contribution in [0.1, 0.15) is 26.7 Å². The molecule has 1 atom stereocenters. The van der Waals surface area contributed by atoms with Gasteiger partial charge in [-0.1, -0.05) is 6.92 Å². The van der Waals surface area contributed by atoms with Crippen LogP contribution in [0.2, 0.25) is 0 Å². The molecule has 0 aromatic heterocycles. The summed E-state index contributed by atoms with van der Waals surface area (Å²) in [5.41, 5.74) is 0. The van der Waals surface area contributed by atoms with Gasteiger partial charge in [0.05, 0.1) is 0 Å². The second kappa shape index (κ2) is 5.59. The zero-order valence-electron chi connectivity index (χ0n) is 6.55. The maximum atomic E-state index is 10.9. The Morgan fingerprint density at radius 1 is 1.40 bits per heavy atom. The third-order valence-corrected chi connectivity index (χ3v) is 2.64. The number of Topliss-reactive ketones (excluding diaryl/α,β-unsaturated/α-hetero) is 1. The van der Waals surface area contributed by atoms with Crippen LogP contribution in [0.25, 0.3) is 0 Å². The monoisotopic (exact) mass is 162 g/mol. The molecule has 2 nitrogen and oxygen atoms in total. The highest BCUT2D eigenvalue weighted by Gasteiger charge is 1.99. The minimum atomic E-state index is -0.761. The minimum Gasteiger partial charge on any atom is -0.300 e. The van der Waals surface area contributed by atoms with E-state index in [1.807, 2.05) is 6.92 Å². The summed E-state index contributed by atoms with van der Waals surface area (Å²) in [6, 6.07) is 0. The van der Waals surface area contributed by atoms with Crippen LogP contribution < -0.4 is 0 Å². The molecule has 0 spiro atoms. The van der Waals surface area contributed by atoms with Crippen LogP contribution in [0.5, 0.6) is 0 Å². The molecule has 10 heavy (non-hydrogen) atoms. The van der Waals surface area contributed by atoms with E-state index in [0.29, 0.717) is 12.2 Å². The molecule has 60 valence electrons. The van der Waals surface area contributed by atoms with Crippen molar-refractivity contribution in [1.29, 1.82) is 0 Å². The van der Waals surface area contributed by atoms with Crippen molar-refractivity contribution in [3.05, 3.63) is 0 Å². The summed E-state index contributed by atoms with van der Waals surface area (Å²) < 4.78 is 10.9. The van der Waals surface area contributed by atoms with Gasteiger partial charge in [-0.15, -0.1) is 0 Å². The summed E-state index contributed by atoms with van der Waals surface area (Å²) in [6.07, 6.45) is 1.40. The lowest BCUT2D eigenvalue weighted by Crippen LogP contribution is -2.05. The molecular formula is C7H14O2S. The Bertz CT molecular complexity index is 132. The molecule has 0 aromatic rings. The fourth-order valence-corrected chi connectivity index (χ4v) is 1.76. The van der Waals surface area contributed by atoms with Crippen LogP contribution in [0, 0.1) is 0 Å². The second-order valence-electron chi connectivity index (χ2n) is 2.30. The van der Waals surface area contributed by atoms with Crippen LogP contribution in [0.15, 0.2) is 0 Å². The Morgan fingerprint density at radius 2 is 2.00 bits per heavy atom. The molecule has 1 unspecified atom stereocenters. The predicted molar refractivity (Wildman–Crippen MR) is 43.5 cm³/mol. The van der Waals surface area contributed by atoms with Crippen molar-refractivity contribution in [2.45, 2.75) is 26.7 Å². The molecule has 0 fully saturated rings. The van der Waals surface area contributed by atoms with Gasteiger partial charge in [-0.2, -0.15) is 0 Å². The van der Waals surface area contributed by atoms with Gasteiger partial charge in [0.15, 0.2) is 0 Å². The van der Waals surface area contributed by atoms with Crippen molar-refractivity contribution < 1.29 is 9.00 Å². The van der Waals surface area contributed by atoms with Crippen LogP contribution >= 0.6 is 0 Å². The van der Waals surface area contributed by atoms with E-state index in [1.165, 1.54) is 6.92 Å². The Labute approximate surface area is 64.5 Å². The normalized spacial score (nSPS) is 13.0. The van der Waals surface area contributed by atoms with Gasteiger partial charge in [-0.3, -0.25) is 9.00 Å². The first-order valence-corrected chi connectivity index (χ1v) is 5.00. The quantitative estimate of drug-likeness (QED) is 0.607. The van der Waals surface area contributed by atoms with E-state index < -0.39 is 10.8 Å². The first-order chi connectivity index (χ1) is 4.66. The molecule has 0 saturated heterocycles. The molecule has 0 N–H and O–H groups in total. The van der Waals surface area contributed by atoms with E-state index in [-0.39, 0.29) is 5.78 Å². The van der Waals surface area contributed by atoms with Crippen molar-refractivity contribution in [1.82, 2.24) is 0 Å². The SMILES string of the molecule is CCCS(=O)CCC(C)=O. The number of ketones is 1. The van der Waals surface area contributed by atoms with Crippen molar-refractivity contribution >= 4 is 16.6 Å². The van der Waals surface area contributed by atoms with Gasteiger partial charge >= 0.3 is 0 Å². The van der Waals surface area contributed by atoms with Gasteiger partial charge in [0.25, 0.3) is 0 Å². The molecule has 0 saturated carbocycles. The van der Waals surface area contributed by atoms with Crippen LogP contribution in [0.4, 0.5) is 0 Å². The predicted octanol–water partition coefficient (Wildman–Crippen LogP) is 1.12. The van der Waals surface area contributed by atoms with Gasteiger partial charge in [-0.05, 0) is 13.3 Å². The van der Waals surface area contributed by atoms with Crippen molar-refractivity contribution in [3.8, 4) is 0 Å². The van der Waals surface area contributed by atoms with Crippen LogP contribution in [-0.2, 0) is 15.6 Å². The molecule has 3 heteroatoms. The number of hydrogen-bond acceptors (Lipinski definition) is 2. The van der Waals surface area contributed by atoms with E-state index in [0.717, 1.165) is 12.2 Å². The lowest BCUT2D eigenvalue weighted by atomic mass is 10.4. The highest BCUT2D eigenvalue weighted by atomic mass is 32.2. The maximum Gasteiger partial charge on any atom is 0.130 e. The maximum absolute atomic E-state index is 10.9. The fraction of sp³-hybridized carbons (Fsp3) is 0.857. The molecule has 0 amide bonds. The summed E-state index contributed by atoms with van der Waals surface area (Å²) in [5, 5.41) is 0. The molecule has 0 aliphatic rings. The number of carbonyl (C=O) groups excluding carboxylic acids is 1. The zero-order chi connectivity index (χ0) is 7.98. The lowest BCUT2D eigenvalue weighted by Gasteiger charge is -1.95. The molecule has 0 aromatic carbocycles. The Kier molecular flexibility index (Phi) is 5.49. The van der Waals surface area contributed by atoms with E-state index in [4.69, 9.17) is 0 Å². The van der Waals surface area contributed by atoms with Gasteiger partial charge in [0.1, 0.15) is 5.78 Å². The smallest absolute Gasteiger partial charge is 0.130 e. The topological polar surface area (TPSA) is 34.1 Å².